The van der Waals surface area contributed by atoms with E-state index in [0.717, 1.165) is 66.3 Å². The molecule has 5 aromatic rings. The molecule has 7 heteroatoms. The highest BCUT2D eigenvalue weighted by Gasteiger charge is 2.27. The van der Waals surface area contributed by atoms with Gasteiger partial charge in [0.1, 0.15) is 10.8 Å². The molecule has 0 aliphatic heterocycles. The van der Waals surface area contributed by atoms with Crippen LogP contribution in [0.2, 0.25) is 0 Å². The molecule has 0 unspecified atom stereocenters. The fourth-order valence-electron chi connectivity index (χ4n) is 5.46. The van der Waals surface area contributed by atoms with Gasteiger partial charge in [0, 0.05) is 57.5 Å². The highest BCUT2D eigenvalue weighted by molar-refractivity contribution is 7.09. The Bertz CT molecular complexity index is 1670. The predicted octanol–water partition coefficient (Wildman–Crippen LogP) is 7.11. The van der Waals surface area contributed by atoms with E-state index in [1.165, 1.54) is 17.4 Å². The average Bonchev–Trinajstić information content (AvgIpc) is 3.67. The van der Waals surface area contributed by atoms with E-state index in [9.17, 15) is 9.18 Å². The number of H-pyrrole nitrogens is 2. The molecule has 0 atom stereocenters. The number of rotatable bonds is 6. The maximum absolute atomic E-state index is 14.6. The number of fused-ring (bicyclic) bond motifs is 2. The number of aromatic amines is 2. The Morgan fingerprint density at radius 2 is 2.08 bits per heavy atom. The lowest BCUT2D eigenvalue weighted by molar-refractivity contribution is -0.117. The third-order valence-electron chi connectivity index (χ3n) is 7.05. The van der Waals surface area contributed by atoms with Crippen LogP contribution < -0.4 is 5.32 Å². The van der Waals surface area contributed by atoms with Crippen molar-refractivity contribution in [3.05, 3.63) is 93.0 Å². The van der Waals surface area contributed by atoms with Gasteiger partial charge >= 0.3 is 0 Å². The lowest BCUT2D eigenvalue weighted by atomic mass is 9.88. The van der Waals surface area contributed by atoms with E-state index < -0.39 is 0 Å². The van der Waals surface area contributed by atoms with Crippen LogP contribution in [0.1, 0.15) is 47.2 Å². The lowest BCUT2D eigenvalue weighted by Crippen LogP contribution is -2.24. The van der Waals surface area contributed by atoms with Gasteiger partial charge in [0.05, 0.1) is 12.2 Å². The number of hydrogen-bond donors (Lipinski definition) is 3. The van der Waals surface area contributed by atoms with Crippen molar-refractivity contribution >= 4 is 34.2 Å². The summed E-state index contributed by atoms with van der Waals surface area (Å²) in [5.74, 6) is -0.151. The van der Waals surface area contributed by atoms with Crippen molar-refractivity contribution < 1.29 is 9.18 Å². The van der Waals surface area contributed by atoms with Crippen LogP contribution >= 0.6 is 11.3 Å². The number of nitrogens with one attached hydrogen (secondary N) is 3. The molecule has 3 heterocycles. The van der Waals surface area contributed by atoms with Crippen molar-refractivity contribution in [3.8, 4) is 22.4 Å². The molecule has 2 aromatic carbocycles. The molecule has 0 radical (unpaired) electrons. The number of hydrogen-bond acceptors (Lipinski definition) is 3. The third-order valence-corrected chi connectivity index (χ3v) is 7.83. The molecular weight excluding hydrogens is 483 g/mol. The van der Waals surface area contributed by atoms with Crippen LogP contribution in [-0.2, 0) is 17.8 Å². The maximum atomic E-state index is 14.6. The van der Waals surface area contributed by atoms with Crippen LogP contribution in [0, 0.1) is 12.7 Å². The van der Waals surface area contributed by atoms with Gasteiger partial charge in [-0.25, -0.2) is 9.37 Å². The van der Waals surface area contributed by atoms with E-state index in [1.54, 1.807) is 12.3 Å². The van der Waals surface area contributed by atoms with Gasteiger partial charge in [-0.2, -0.15) is 0 Å². The minimum atomic E-state index is -0.273. The quantitative estimate of drug-likeness (QED) is 0.228. The van der Waals surface area contributed by atoms with Gasteiger partial charge < -0.3 is 15.3 Å². The first-order valence-electron chi connectivity index (χ1n) is 12.4. The zero-order chi connectivity index (χ0) is 25.7. The third kappa shape index (κ3) is 4.09. The van der Waals surface area contributed by atoms with Crippen molar-refractivity contribution in [1.29, 1.82) is 0 Å². The topological polar surface area (TPSA) is 73.6 Å². The number of benzene rings is 2. The number of thiazole rings is 1. The molecule has 0 saturated heterocycles. The minimum Gasteiger partial charge on any atom is -0.361 e. The van der Waals surface area contributed by atoms with Crippen LogP contribution in [0.4, 0.5) is 4.39 Å². The highest BCUT2D eigenvalue weighted by atomic mass is 32.1. The number of aromatic nitrogens is 3. The average molecular weight is 511 g/mol. The predicted molar refractivity (Wildman–Crippen MR) is 148 cm³/mol. The van der Waals surface area contributed by atoms with Gasteiger partial charge in [-0.15, -0.1) is 11.3 Å². The Morgan fingerprint density at radius 3 is 2.86 bits per heavy atom. The van der Waals surface area contributed by atoms with Gasteiger partial charge in [-0.3, -0.25) is 4.79 Å². The highest BCUT2D eigenvalue weighted by Crippen LogP contribution is 2.44. The number of amides is 1. The molecule has 1 aliphatic rings. The van der Waals surface area contributed by atoms with E-state index >= 15 is 0 Å². The van der Waals surface area contributed by atoms with Crippen molar-refractivity contribution in [1.82, 2.24) is 20.3 Å². The smallest absolute Gasteiger partial charge is 0.247 e. The summed E-state index contributed by atoms with van der Waals surface area (Å²) < 4.78 is 14.6. The molecule has 1 aliphatic carbocycles. The number of aryl methyl sites for hydroxylation is 1. The summed E-state index contributed by atoms with van der Waals surface area (Å²) in [6.45, 7) is 6.83. The van der Waals surface area contributed by atoms with Crippen LogP contribution in [0.3, 0.4) is 0 Å². The second-order valence-corrected chi connectivity index (χ2v) is 10.8. The molecular formula is C30H27FN4OS. The molecule has 37 heavy (non-hydrogen) atoms. The van der Waals surface area contributed by atoms with Gasteiger partial charge in [-0.1, -0.05) is 32.0 Å². The van der Waals surface area contributed by atoms with Crippen molar-refractivity contribution in [2.75, 3.05) is 0 Å². The van der Waals surface area contributed by atoms with Crippen LogP contribution in [0.5, 0.6) is 0 Å². The Labute approximate surface area is 218 Å². The second kappa shape index (κ2) is 9.16. The zero-order valence-corrected chi connectivity index (χ0v) is 21.7. The first-order chi connectivity index (χ1) is 17.9. The monoisotopic (exact) mass is 510 g/mol. The summed E-state index contributed by atoms with van der Waals surface area (Å²) in [5.41, 5.74) is 9.89. The van der Waals surface area contributed by atoms with Gasteiger partial charge in [-0.05, 0) is 59.4 Å². The molecule has 186 valence electrons. The molecule has 3 aromatic heterocycles. The summed E-state index contributed by atoms with van der Waals surface area (Å²) >= 11 is 1.53. The Kier molecular flexibility index (Phi) is 5.80. The maximum Gasteiger partial charge on any atom is 0.247 e. The van der Waals surface area contributed by atoms with Crippen molar-refractivity contribution in [2.45, 2.75) is 39.7 Å². The summed E-state index contributed by atoms with van der Waals surface area (Å²) in [7, 11) is 0. The second-order valence-electron chi connectivity index (χ2n) is 9.79. The fourth-order valence-corrected chi connectivity index (χ4v) is 6.02. The van der Waals surface area contributed by atoms with Gasteiger partial charge in [0.2, 0.25) is 5.91 Å². The van der Waals surface area contributed by atoms with Crippen LogP contribution in [0.15, 0.2) is 59.7 Å². The summed E-state index contributed by atoms with van der Waals surface area (Å²) in [5, 5.41) is 6.77. The van der Waals surface area contributed by atoms with E-state index in [2.05, 4.69) is 59.2 Å². The molecule has 6 rings (SSSR count). The first kappa shape index (κ1) is 23.4. The number of halogens is 1. The molecule has 5 nitrogen and oxygen atoms in total. The van der Waals surface area contributed by atoms with Crippen molar-refractivity contribution in [2.24, 2.45) is 0 Å². The molecule has 1 amide bonds. The minimum absolute atomic E-state index is 0.0671. The number of nitrogens with zero attached hydrogens (tertiary/aromatic N) is 1. The Balaban J connectivity index is 1.44. The normalized spacial score (nSPS) is 12.8. The largest absolute Gasteiger partial charge is 0.361 e. The molecule has 0 bridgehead atoms. The van der Waals surface area contributed by atoms with Crippen LogP contribution in [-0.4, -0.2) is 20.9 Å². The Hall–Kier alpha value is -3.97. The molecule has 0 spiro atoms. The van der Waals surface area contributed by atoms with E-state index in [-0.39, 0.29) is 17.6 Å². The summed E-state index contributed by atoms with van der Waals surface area (Å²) in [6, 6.07) is 11.4. The van der Waals surface area contributed by atoms with E-state index in [1.807, 2.05) is 23.7 Å². The van der Waals surface area contributed by atoms with E-state index in [0.29, 0.717) is 13.0 Å². The standard InChI is InChI=1S/C30H27FN4OS/c1-16(2)27-28(17(3)35-29(27)24-13-20(31)14-25-21(24)7-8-32-25)22-6-4-5-18-11-19(12-23(18)22)30(36)34-15-26-33-9-10-37-26/h4-10,12-14,16,32,35H,11,15H2,1-3H3,(H,34,36). The zero-order valence-electron chi connectivity index (χ0n) is 20.9. The van der Waals surface area contributed by atoms with Crippen LogP contribution in [0.25, 0.3) is 39.4 Å². The molecule has 3 N–H and O–H groups in total. The molecule has 0 fully saturated rings. The lowest BCUT2D eigenvalue weighted by Gasteiger charge is -2.15. The number of carbonyl (C=O) groups excluding carboxylic acids is 1. The molecule has 0 saturated carbocycles. The van der Waals surface area contributed by atoms with Gasteiger partial charge in [0.15, 0.2) is 0 Å². The SMILES string of the molecule is Cc1[nH]c(-c2cc(F)cc3[nH]ccc23)c(C(C)C)c1-c1cccc2c1C=C(C(=O)NCc1nccs1)C2. The van der Waals surface area contributed by atoms with Crippen molar-refractivity contribution in [3.63, 3.8) is 0 Å². The summed E-state index contributed by atoms with van der Waals surface area (Å²) in [4.78, 5) is 24.0. The Morgan fingerprint density at radius 1 is 1.22 bits per heavy atom. The number of carbonyl (C=O) groups is 1. The first-order valence-corrected chi connectivity index (χ1v) is 13.3. The fraction of sp³-hybridized carbons (Fsp3) is 0.200. The summed E-state index contributed by atoms with van der Waals surface area (Å²) in [6.07, 6.45) is 6.20. The van der Waals surface area contributed by atoms with Gasteiger partial charge in [0.25, 0.3) is 0 Å². The van der Waals surface area contributed by atoms with E-state index in [4.69, 9.17) is 0 Å².